The summed E-state index contributed by atoms with van der Waals surface area (Å²) in [5, 5.41) is 3.50. The average molecular weight is 200 g/mol. The summed E-state index contributed by atoms with van der Waals surface area (Å²) in [4.78, 5) is 0. The van der Waals surface area contributed by atoms with Crippen LogP contribution in [0.25, 0.3) is 0 Å². The molecule has 0 spiro atoms. The summed E-state index contributed by atoms with van der Waals surface area (Å²) >= 11 is 0. The van der Waals surface area contributed by atoms with E-state index in [1.54, 1.807) is 0 Å². The fourth-order valence-corrected chi connectivity index (χ4v) is 1.56. The van der Waals surface area contributed by atoms with Gasteiger partial charge >= 0.3 is 0 Å². The molecule has 0 saturated carbocycles. The minimum absolute atomic E-state index is 0.640. The van der Waals surface area contributed by atoms with E-state index in [1.807, 2.05) is 0 Å². The number of unbranched alkanes of at least 4 members (excludes halogenated alkanes) is 3. The van der Waals surface area contributed by atoms with Gasteiger partial charge in [0.25, 0.3) is 0 Å². The zero-order valence-corrected chi connectivity index (χ0v) is 10.2. The highest BCUT2D eigenvalue weighted by Crippen LogP contribution is 2.07. The van der Waals surface area contributed by atoms with Crippen LogP contribution in [0.1, 0.15) is 46.5 Å². The smallest absolute Gasteiger partial charge is 0.000600 e. The molecule has 0 amide bonds. The molecule has 0 rings (SSSR count). The van der Waals surface area contributed by atoms with Crippen LogP contribution in [0, 0.1) is 11.8 Å². The molecule has 0 heterocycles. The highest BCUT2D eigenvalue weighted by atomic mass is 14.9. The molecule has 0 aromatic carbocycles. The van der Waals surface area contributed by atoms with Crippen molar-refractivity contribution in [1.29, 1.82) is 0 Å². The number of nitrogens with one attached hydrogen (secondary N) is 1. The van der Waals surface area contributed by atoms with Crippen LogP contribution in [0.4, 0.5) is 0 Å². The second kappa shape index (κ2) is 9.47. The first-order chi connectivity index (χ1) is 6.72. The Kier molecular flexibility index (Phi) is 9.42. The standard InChI is InChI=1S/C12H28N2/c1-4-5-6-7-8-14-10-12(9-13)11(2)3/h11-12,14H,4-10,13H2,1-3H3. The van der Waals surface area contributed by atoms with Gasteiger partial charge in [-0.1, -0.05) is 40.0 Å². The van der Waals surface area contributed by atoms with Crippen molar-refractivity contribution in [2.24, 2.45) is 17.6 Å². The lowest BCUT2D eigenvalue weighted by molar-refractivity contribution is 0.369. The topological polar surface area (TPSA) is 38.0 Å². The summed E-state index contributed by atoms with van der Waals surface area (Å²) in [6, 6.07) is 0. The second-order valence-electron chi connectivity index (χ2n) is 4.50. The maximum absolute atomic E-state index is 5.70. The van der Waals surface area contributed by atoms with E-state index >= 15 is 0 Å². The van der Waals surface area contributed by atoms with Crippen LogP contribution in [0.2, 0.25) is 0 Å². The molecule has 1 unspecified atom stereocenters. The van der Waals surface area contributed by atoms with Crippen LogP contribution in [0.5, 0.6) is 0 Å². The Morgan fingerprint density at radius 1 is 1.14 bits per heavy atom. The van der Waals surface area contributed by atoms with Gasteiger partial charge < -0.3 is 11.1 Å². The predicted molar refractivity (Wildman–Crippen MR) is 64.4 cm³/mol. The Hall–Kier alpha value is -0.0800. The van der Waals surface area contributed by atoms with Gasteiger partial charge in [-0.2, -0.15) is 0 Å². The van der Waals surface area contributed by atoms with Crippen molar-refractivity contribution in [3.63, 3.8) is 0 Å². The molecule has 0 aliphatic carbocycles. The summed E-state index contributed by atoms with van der Waals surface area (Å²) < 4.78 is 0. The van der Waals surface area contributed by atoms with E-state index < -0.39 is 0 Å². The lowest BCUT2D eigenvalue weighted by Crippen LogP contribution is -2.32. The first-order valence-electron chi connectivity index (χ1n) is 6.13. The maximum Gasteiger partial charge on any atom is -0.000600 e. The van der Waals surface area contributed by atoms with E-state index in [4.69, 9.17) is 5.73 Å². The molecular formula is C12H28N2. The molecule has 2 nitrogen and oxygen atoms in total. The SMILES string of the molecule is CCCCCCNCC(CN)C(C)C. The molecule has 86 valence electrons. The average Bonchev–Trinajstić information content (AvgIpc) is 2.16. The zero-order chi connectivity index (χ0) is 10.8. The molecule has 2 heteroatoms. The second-order valence-corrected chi connectivity index (χ2v) is 4.50. The van der Waals surface area contributed by atoms with Crippen molar-refractivity contribution < 1.29 is 0 Å². The Bertz CT molecular complexity index is 113. The molecule has 14 heavy (non-hydrogen) atoms. The fraction of sp³-hybridized carbons (Fsp3) is 1.00. The minimum Gasteiger partial charge on any atom is -0.330 e. The van der Waals surface area contributed by atoms with Crippen molar-refractivity contribution in [3.8, 4) is 0 Å². The van der Waals surface area contributed by atoms with Gasteiger partial charge in [0.05, 0.1) is 0 Å². The zero-order valence-electron chi connectivity index (χ0n) is 10.2. The van der Waals surface area contributed by atoms with Crippen molar-refractivity contribution in [2.75, 3.05) is 19.6 Å². The summed E-state index contributed by atoms with van der Waals surface area (Å²) in [6.45, 7) is 9.78. The van der Waals surface area contributed by atoms with Crippen molar-refractivity contribution in [2.45, 2.75) is 46.5 Å². The van der Waals surface area contributed by atoms with Gasteiger partial charge in [-0.15, -0.1) is 0 Å². The highest BCUT2D eigenvalue weighted by Gasteiger charge is 2.09. The third-order valence-corrected chi connectivity index (χ3v) is 2.86. The molecule has 3 N–H and O–H groups in total. The lowest BCUT2D eigenvalue weighted by atomic mass is 9.96. The summed E-state index contributed by atoms with van der Waals surface area (Å²) in [6.07, 6.45) is 5.35. The highest BCUT2D eigenvalue weighted by molar-refractivity contribution is 4.66. The molecule has 0 saturated heterocycles. The molecule has 0 fully saturated rings. The Morgan fingerprint density at radius 3 is 2.36 bits per heavy atom. The molecule has 0 aliphatic rings. The van der Waals surface area contributed by atoms with Crippen LogP contribution in [0.3, 0.4) is 0 Å². The number of hydrogen-bond acceptors (Lipinski definition) is 2. The summed E-state index contributed by atoms with van der Waals surface area (Å²) in [5.41, 5.74) is 5.70. The normalized spacial score (nSPS) is 13.5. The van der Waals surface area contributed by atoms with E-state index in [0.717, 1.165) is 19.6 Å². The molecule has 0 bridgehead atoms. The Labute approximate surface area is 89.6 Å². The molecule has 0 aromatic heterocycles. The van der Waals surface area contributed by atoms with Gasteiger partial charge in [-0.05, 0) is 37.9 Å². The summed E-state index contributed by atoms with van der Waals surface area (Å²) in [7, 11) is 0. The molecule has 1 atom stereocenters. The number of rotatable bonds is 9. The first-order valence-corrected chi connectivity index (χ1v) is 6.13. The van der Waals surface area contributed by atoms with E-state index in [1.165, 1.54) is 25.7 Å². The first kappa shape index (κ1) is 13.9. The van der Waals surface area contributed by atoms with Gasteiger partial charge in [0, 0.05) is 0 Å². The van der Waals surface area contributed by atoms with Gasteiger partial charge in [-0.3, -0.25) is 0 Å². The van der Waals surface area contributed by atoms with Crippen LogP contribution >= 0.6 is 0 Å². The van der Waals surface area contributed by atoms with E-state index in [-0.39, 0.29) is 0 Å². The van der Waals surface area contributed by atoms with Crippen LogP contribution in [-0.2, 0) is 0 Å². The van der Waals surface area contributed by atoms with Crippen LogP contribution < -0.4 is 11.1 Å². The molecule has 0 aliphatic heterocycles. The van der Waals surface area contributed by atoms with Crippen molar-refractivity contribution >= 4 is 0 Å². The predicted octanol–water partition coefficient (Wildman–Crippen LogP) is 2.39. The minimum atomic E-state index is 0.640. The Morgan fingerprint density at radius 2 is 1.86 bits per heavy atom. The van der Waals surface area contributed by atoms with Crippen molar-refractivity contribution in [3.05, 3.63) is 0 Å². The van der Waals surface area contributed by atoms with Gasteiger partial charge in [-0.25, -0.2) is 0 Å². The van der Waals surface area contributed by atoms with E-state index in [0.29, 0.717) is 11.8 Å². The van der Waals surface area contributed by atoms with Crippen LogP contribution in [0.15, 0.2) is 0 Å². The Balaban J connectivity index is 3.25. The summed E-state index contributed by atoms with van der Waals surface area (Å²) in [5.74, 6) is 1.34. The van der Waals surface area contributed by atoms with Gasteiger partial charge in [0.1, 0.15) is 0 Å². The van der Waals surface area contributed by atoms with E-state index in [2.05, 4.69) is 26.1 Å². The van der Waals surface area contributed by atoms with Gasteiger partial charge in [0.2, 0.25) is 0 Å². The van der Waals surface area contributed by atoms with E-state index in [9.17, 15) is 0 Å². The third-order valence-electron chi connectivity index (χ3n) is 2.86. The third kappa shape index (κ3) is 7.34. The molecular weight excluding hydrogens is 172 g/mol. The lowest BCUT2D eigenvalue weighted by Gasteiger charge is -2.19. The monoisotopic (exact) mass is 200 g/mol. The molecule has 0 radical (unpaired) electrons. The van der Waals surface area contributed by atoms with Crippen LogP contribution in [-0.4, -0.2) is 19.6 Å². The van der Waals surface area contributed by atoms with Crippen molar-refractivity contribution in [1.82, 2.24) is 5.32 Å². The fourth-order valence-electron chi connectivity index (χ4n) is 1.56. The number of hydrogen-bond donors (Lipinski definition) is 2. The largest absolute Gasteiger partial charge is 0.330 e. The number of nitrogens with two attached hydrogens (primary N) is 1. The molecule has 0 aromatic rings. The van der Waals surface area contributed by atoms with Gasteiger partial charge in [0.15, 0.2) is 0 Å². The maximum atomic E-state index is 5.70. The quantitative estimate of drug-likeness (QED) is 0.561.